The number of methoxy groups -OCH3 is 1. The summed E-state index contributed by atoms with van der Waals surface area (Å²) in [5.41, 5.74) is 1.07. The van der Waals surface area contributed by atoms with Gasteiger partial charge in [-0.25, -0.2) is 9.97 Å². The third-order valence-corrected chi connectivity index (χ3v) is 4.69. The van der Waals surface area contributed by atoms with Crippen LogP contribution in [0.2, 0.25) is 0 Å². The summed E-state index contributed by atoms with van der Waals surface area (Å²) < 4.78 is 7.41. The van der Waals surface area contributed by atoms with Gasteiger partial charge >= 0.3 is 0 Å². The van der Waals surface area contributed by atoms with Crippen LogP contribution < -0.4 is 10.2 Å². The number of aromatic nitrogens is 4. The highest BCUT2D eigenvalue weighted by Gasteiger charge is 2.33. The van der Waals surface area contributed by atoms with Crippen LogP contribution in [0.4, 0.5) is 11.6 Å². The third-order valence-electron chi connectivity index (χ3n) is 4.69. The number of hydrogen-bond acceptors (Lipinski definition) is 7. The van der Waals surface area contributed by atoms with Crippen molar-refractivity contribution in [2.45, 2.75) is 25.0 Å². The molecule has 0 unspecified atom stereocenters. The number of aryl methyl sites for hydroxylation is 1. The van der Waals surface area contributed by atoms with E-state index in [1.807, 2.05) is 30.1 Å². The molecule has 8 nitrogen and oxygen atoms in total. The van der Waals surface area contributed by atoms with E-state index in [1.54, 1.807) is 13.4 Å². The molecule has 8 heteroatoms. The quantitative estimate of drug-likeness (QED) is 0.754. The molecule has 0 saturated carbocycles. The first-order valence-electron chi connectivity index (χ1n) is 9.03. The molecule has 0 aliphatic carbocycles. The topological polar surface area (TPSA) is 71.3 Å². The molecule has 26 heavy (non-hydrogen) atoms. The molecule has 0 bridgehead atoms. The lowest BCUT2D eigenvalue weighted by molar-refractivity contribution is 0.117. The molecule has 1 saturated heterocycles. The van der Waals surface area contributed by atoms with E-state index in [0.717, 1.165) is 49.8 Å². The second-order valence-corrected chi connectivity index (χ2v) is 7.08. The Bertz CT molecular complexity index is 702. The number of rotatable bonds is 8. The van der Waals surface area contributed by atoms with Crippen molar-refractivity contribution in [3.05, 3.63) is 30.4 Å². The van der Waals surface area contributed by atoms with Crippen LogP contribution in [-0.4, -0.2) is 77.6 Å². The Labute approximate surface area is 155 Å². The number of nitrogens with one attached hydrogen (secondary N) is 1. The van der Waals surface area contributed by atoms with E-state index in [1.165, 1.54) is 0 Å². The first-order chi connectivity index (χ1) is 12.5. The zero-order valence-corrected chi connectivity index (χ0v) is 16.1. The molecule has 0 spiro atoms. The fourth-order valence-electron chi connectivity index (χ4n) is 3.44. The van der Waals surface area contributed by atoms with E-state index in [9.17, 15) is 0 Å². The van der Waals surface area contributed by atoms with Gasteiger partial charge in [-0.05, 0) is 26.6 Å². The van der Waals surface area contributed by atoms with Gasteiger partial charge in [-0.2, -0.15) is 5.10 Å². The highest BCUT2D eigenvalue weighted by molar-refractivity contribution is 5.50. The maximum absolute atomic E-state index is 5.59. The van der Waals surface area contributed by atoms with Gasteiger partial charge in [-0.1, -0.05) is 0 Å². The predicted molar refractivity (Wildman–Crippen MR) is 103 cm³/mol. The summed E-state index contributed by atoms with van der Waals surface area (Å²) in [6.07, 6.45) is 5.71. The molecule has 0 radical (unpaired) electrons. The van der Waals surface area contributed by atoms with Crippen LogP contribution in [0.15, 0.2) is 24.7 Å². The number of hydrogen-bond donors (Lipinski definition) is 1. The van der Waals surface area contributed by atoms with E-state index in [4.69, 9.17) is 4.74 Å². The van der Waals surface area contributed by atoms with Crippen LogP contribution in [0.5, 0.6) is 0 Å². The Morgan fingerprint density at radius 3 is 2.88 bits per heavy atom. The summed E-state index contributed by atoms with van der Waals surface area (Å²) in [6, 6.07) is 4.46. The minimum Gasteiger partial charge on any atom is -0.380 e. The van der Waals surface area contributed by atoms with Gasteiger partial charge in [-0.15, -0.1) is 0 Å². The van der Waals surface area contributed by atoms with Crippen molar-refractivity contribution >= 4 is 11.6 Å². The van der Waals surface area contributed by atoms with Gasteiger partial charge in [0.15, 0.2) is 0 Å². The van der Waals surface area contributed by atoms with Crippen LogP contribution in [0.25, 0.3) is 0 Å². The zero-order valence-electron chi connectivity index (χ0n) is 16.1. The molecule has 2 aromatic heterocycles. The lowest BCUT2D eigenvalue weighted by Crippen LogP contribution is -2.38. The first kappa shape index (κ1) is 18.6. The summed E-state index contributed by atoms with van der Waals surface area (Å²) in [5.74, 6) is 1.79. The van der Waals surface area contributed by atoms with Crippen LogP contribution in [-0.2, 0) is 18.2 Å². The van der Waals surface area contributed by atoms with Crippen molar-refractivity contribution in [2.24, 2.45) is 7.05 Å². The molecule has 1 aliphatic rings. The Morgan fingerprint density at radius 2 is 2.19 bits per heavy atom. The highest BCUT2D eigenvalue weighted by atomic mass is 16.5. The normalized spacial score (nSPS) is 20.1. The molecule has 1 N–H and O–H groups in total. The van der Waals surface area contributed by atoms with Gasteiger partial charge < -0.3 is 19.9 Å². The molecular formula is C18H29N7O. The standard InChI is InChI=1S/C18H29N7O/c1-23(2)11-15-9-16(26-4)12-25(15)18-10-17(20-13-21-18)19-7-5-14-6-8-24(3)22-14/h6,8,10,13,15-16H,5,7,9,11-12H2,1-4H3,(H,19,20,21)/t15-,16-/m0/s1. The average Bonchev–Trinajstić information content (AvgIpc) is 3.21. The summed E-state index contributed by atoms with van der Waals surface area (Å²) in [5, 5.41) is 7.77. The van der Waals surface area contributed by atoms with Crippen molar-refractivity contribution < 1.29 is 4.74 Å². The number of nitrogens with zero attached hydrogens (tertiary/aromatic N) is 6. The molecule has 2 atom stereocenters. The summed E-state index contributed by atoms with van der Waals surface area (Å²) >= 11 is 0. The maximum Gasteiger partial charge on any atom is 0.134 e. The molecular weight excluding hydrogens is 330 g/mol. The van der Waals surface area contributed by atoms with Crippen LogP contribution >= 0.6 is 0 Å². The minimum atomic E-state index is 0.246. The van der Waals surface area contributed by atoms with E-state index >= 15 is 0 Å². The Balaban J connectivity index is 1.63. The Hall–Kier alpha value is -2.19. The van der Waals surface area contributed by atoms with Gasteiger partial charge in [0, 0.05) is 58.5 Å². The molecule has 1 aliphatic heterocycles. The Kier molecular flexibility index (Phi) is 6.05. The summed E-state index contributed by atoms with van der Waals surface area (Å²) in [7, 11) is 7.92. The van der Waals surface area contributed by atoms with Gasteiger partial charge in [0.05, 0.1) is 11.8 Å². The minimum absolute atomic E-state index is 0.246. The van der Waals surface area contributed by atoms with E-state index in [-0.39, 0.29) is 6.10 Å². The van der Waals surface area contributed by atoms with E-state index < -0.39 is 0 Å². The SMILES string of the molecule is CO[C@H]1C[C@@H](CN(C)C)N(c2cc(NCCc3ccn(C)n3)ncn2)C1. The van der Waals surface area contributed by atoms with Gasteiger partial charge in [0.1, 0.15) is 18.0 Å². The lowest BCUT2D eigenvalue weighted by atomic mass is 10.2. The molecule has 3 heterocycles. The van der Waals surface area contributed by atoms with Gasteiger partial charge in [-0.3, -0.25) is 4.68 Å². The highest BCUT2D eigenvalue weighted by Crippen LogP contribution is 2.26. The fraction of sp³-hybridized carbons (Fsp3) is 0.611. The van der Waals surface area contributed by atoms with Crippen molar-refractivity contribution in [1.29, 1.82) is 0 Å². The van der Waals surface area contributed by atoms with Crippen LogP contribution in [0.3, 0.4) is 0 Å². The van der Waals surface area contributed by atoms with Crippen LogP contribution in [0.1, 0.15) is 12.1 Å². The van der Waals surface area contributed by atoms with E-state index in [0.29, 0.717) is 6.04 Å². The zero-order chi connectivity index (χ0) is 18.5. The predicted octanol–water partition coefficient (Wildman–Crippen LogP) is 1.02. The molecule has 0 aromatic carbocycles. The van der Waals surface area contributed by atoms with Crippen LogP contribution in [0, 0.1) is 0 Å². The smallest absolute Gasteiger partial charge is 0.134 e. The summed E-state index contributed by atoms with van der Waals surface area (Å²) in [4.78, 5) is 13.4. The molecule has 3 rings (SSSR count). The fourth-order valence-corrected chi connectivity index (χ4v) is 3.44. The van der Waals surface area contributed by atoms with Gasteiger partial charge in [0.25, 0.3) is 0 Å². The molecule has 1 fully saturated rings. The number of anilines is 2. The maximum atomic E-state index is 5.59. The molecule has 142 valence electrons. The first-order valence-corrected chi connectivity index (χ1v) is 9.03. The molecule has 0 amide bonds. The monoisotopic (exact) mass is 359 g/mol. The summed E-state index contributed by atoms with van der Waals surface area (Å²) in [6.45, 7) is 2.63. The lowest BCUT2D eigenvalue weighted by Gasteiger charge is -2.27. The number of ether oxygens (including phenoxy) is 1. The number of likely N-dealkylation sites (N-methyl/N-ethyl adjacent to an activating group) is 1. The third kappa shape index (κ3) is 4.70. The second-order valence-electron chi connectivity index (χ2n) is 7.08. The largest absolute Gasteiger partial charge is 0.380 e. The van der Waals surface area contributed by atoms with Crippen molar-refractivity contribution in [3.63, 3.8) is 0 Å². The Morgan fingerprint density at radius 1 is 1.35 bits per heavy atom. The second kappa shape index (κ2) is 8.46. The average molecular weight is 359 g/mol. The molecule has 2 aromatic rings. The van der Waals surface area contributed by atoms with Crippen molar-refractivity contribution in [3.8, 4) is 0 Å². The van der Waals surface area contributed by atoms with Gasteiger partial charge in [0.2, 0.25) is 0 Å². The van der Waals surface area contributed by atoms with Crippen molar-refractivity contribution in [2.75, 3.05) is 51.1 Å². The van der Waals surface area contributed by atoms with Crippen molar-refractivity contribution in [1.82, 2.24) is 24.6 Å². The van der Waals surface area contributed by atoms with E-state index in [2.05, 4.69) is 44.3 Å².